The molecule has 1 aliphatic rings. The highest BCUT2D eigenvalue weighted by atomic mass is 32.1. The van der Waals surface area contributed by atoms with Gasteiger partial charge in [0, 0.05) is 19.3 Å². The summed E-state index contributed by atoms with van der Waals surface area (Å²) in [6.07, 6.45) is 5.64. The second-order valence-corrected chi connectivity index (χ2v) is 5.97. The van der Waals surface area contributed by atoms with Crippen molar-refractivity contribution in [3.8, 4) is 10.7 Å². The van der Waals surface area contributed by atoms with Crippen molar-refractivity contribution >= 4 is 11.3 Å². The molecule has 3 rings (SSSR count). The molecule has 0 bridgehead atoms. The van der Waals surface area contributed by atoms with Crippen LogP contribution in [0.1, 0.15) is 31.0 Å². The molecule has 0 amide bonds. The maximum Gasteiger partial charge on any atom is 0.169 e. The van der Waals surface area contributed by atoms with Crippen molar-refractivity contribution in [2.24, 2.45) is 0 Å². The summed E-state index contributed by atoms with van der Waals surface area (Å²) in [5.41, 5.74) is 2.55. The maximum absolute atomic E-state index is 4.77. The Bertz CT molecular complexity index is 536. The van der Waals surface area contributed by atoms with Crippen molar-refractivity contribution in [2.75, 3.05) is 13.1 Å². The van der Waals surface area contributed by atoms with Gasteiger partial charge in [0.25, 0.3) is 0 Å². The number of thiophene rings is 1. The number of unbranched alkanes of at least 4 members (excludes halogenated alkanes) is 1. The van der Waals surface area contributed by atoms with Crippen LogP contribution in [0.15, 0.2) is 23.7 Å². The zero-order chi connectivity index (χ0) is 13.1. The first-order valence-electron chi connectivity index (χ1n) is 6.98. The third-order valence-corrected chi connectivity index (χ3v) is 4.46. The van der Waals surface area contributed by atoms with Gasteiger partial charge in [0.15, 0.2) is 5.82 Å². The van der Waals surface area contributed by atoms with Crippen molar-refractivity contribution in [1.29, 1.82) is 0 Å². The largest absolute Gasteiger partial charge is 0.297 e. The van der Waals surface area contributed by atoms with Crippen LogP contribution in [0.3, 0.4) is 0 Å². The van der Waals surface area contributed by atoms with E-state index in [4.69, 9.17) is 4.98 Å². The molecule has 0 unspecified atom stereocenters. The van der Waals surface area contributed by atoms with Gasteiger partial charge in [-0.1, -0.05) is 19.4 Å². The van der Waals surface area contributed by atoms with Crippen LogP contribution < -0.4 is 0 Å². The topological polar surface area (TPSA) is 29.0 Å². The lowest BCUT2D eigenvalue weighted by atomic mass is 10.1. The van der Waals surface area contributed by atoms with E-state index in [2.05, 4.69) is 34.3 Å². The van der Waals surface area contributed by atoms with Crippen LogP contribution in [-0.4, -0.2) is 28.0 Å². The second-order valence-electron chi connectivity index (χ2n) is 5.02. The Balaban J connectivity index is 1.80. The lowest BCUT2D eigenvalue weighted by Gasteiger charge is -2.27. The molecule has 0 saturated carbocycles. The van der Waals surface area contributed by atoms with Crippen LogP contribution in [0.2, 0.25) is 0 Å². The zero-order valence-corrected chi connectivity index (χ0v) is 12.1. The predicted molar refractivity (Wildman–Crippen MR) is 79.2 cm³/mol. The van der Waals surface area contributed by atoms with Gasteiger partial charge in [0.1, 0.15) is 0 Å². The van der Waals surface area contributed by atoms with Crippen LogP contribution in [0.5, 0.6) is 0 Å². The number of aromatic nitrogens is 2. The highest BCUT2D eigenvalue weighted by Crippen LogP contribution is 2.24. The van der Waals surface area contributed by atoms with Crippen LogP contribution in [-0.2, 0) is 13.0 Å². The summed E-state index contributed by atoms with van der Waals surface area (Å²) in [7, 11) is 0. The van der Waals surface area contributed by atoms with E-state index in [0.717, 1.165) is 30.2 Å². The third kappa shape index (κ3) is 2.85. The quantitative estimate of drug-likeness (QED) is 0.855. The van der Waals surface area contributed by atoms with Crippen LogP contribution in [0.4, 0.5) is 0 Å². The molecule has 2 aromatic rings. The number of rotatable bonds is 4. The van der Waals surface area contributed by atoms with Crippen molar-refractivity contribution in [3.63, 3.8) is 0 Å². The minimum Gasteiger partial charge on any atom is -0.297 e. The highest BCUT2D eigenvalue weighted by Gasteiger charge is 2.18. The standard InChI is InChI=1S/C15H19N3S/c1-2-3-7-18-8-6-12-10-16-15(17-13(12)11-18)14-5-4-9-19-14/h4-5,9-10H,2-3,6-8,11H2,1H3. The van der Waals surface area contributed by atoms with Crippen molar-refractivity contribution in [2.45, 2.75) is 32.7 Å². The molecule has 2 aromatic heterocycles. The van der Waals surface area contributed by atoms with Crippen molar-refractivity contribution in [1.82, 2.24) is 14.9 Å². The van der Waals surface area contributed by atoms with Crippen LogP contribution in [0, 0.1) is 0 Å². The van der Waals surface area contributed by atoms with Gasteiger partial charge < -0.3 is 0 Å². The first-order valence-corrected chi connectivity index (χ1v) is 7.86. The fourth-order valence-corrected chi connectivity index (χ4v) is 3.12. The molecule has 0 aromatic carbocycles. The summed E-state index contributed by atoms with van der Waals surface area (Å²) in [5, 5.41) is 2.08. The molecule has 3 nitrogen and oxygen atoms in total. The Morgan fingerprint density at radius 2 is 2.37 bits per heavy atom. The number of nitrogens with zero attached hydrogens (tertiary/aromatic N) is 3. The molecule has 100 valence electrons. The Hall–Kier alpha value is -1.26. The van der Waals surface area contributed by atoms with Gasteiger partial charge in [-0.15, -0.1) is 11.3 Å². The molecule has 4 heteroatoms. The molecular formula is C15H19N3S. The summed E-state index contributed by atoms with van der Waals surface area (Å²) in [6.45, 7) is 5.56. The number of hydrogen-bond donors (Lipinski definition) is 0. The molecule has 0 spiro atoms. The molecule has 0 radical (unpaired) electrons. The fraction of sp³-hybridized carbons (Fsp3) is 0.467. The Morgan fingerprint density at radius 1 is 1.42 bits per heavy atom. The molecule has 0 fully saturated rings. The smallest absolute Gasteiger partial charge is 0.169 e. The van der Waals surface area contributed by atoms with Crippen LogP contribution in [0.25, 0.3) is 10.7 Å². The molecule has 0 aliphatic carbocycles. The molecule has 19 heavy (non-hydrogen) atoms. The van der Waals surface area contributed by atoms with E-state index in [9.17, 15) is 0 Å². The minimum absolute atomic E-state index is 0.881. The average Bonchev–Trinajstić information content (AvgIpc) is 2.98. The summed E-state index contributed by atoms with van der Waals surface area (Å²) >= 11 is 1.70. The molecular weight excluding hydrogens is 254 g/mol. The molecule has 0 N–H and O–H groups in total. The molecule has 0 atom stereocenters. The summed E-state index contributed by atoms with van der Waals surface area (Å²) in [4.78, 5) is 12.9. The summed E-state index contributed by atoms with van der Waals surface area (Å²) < 4.78 is 0. The number of hydrogen-bond acceptors (Lipinski definition) is 4. The third-order valence-electron chi connectivity index (χ3n) is 3.59. The van der Waals surface area contributed by atoms with Crippen molar-refractivity contribution < 1.29 is 0 Å². The maximum atomic E-state index is 4.77. The SMILES string of the molecule is CCCCN1CCc2cnc(-c3cccs3)nc2C1. The van der Waals surface area contributed by atoms with Gasteiger partial charge in [-0.2, -0.15) is 0 Å². The van der Waals surface area contributed by atoms with Gasteiger partial charge in [-0.3, -0.25) is 4.90 Å². The Labute approximate surface area is 118 Å². The predicted octanol–water partition coefficient (Wildman–Crippen LogP) is 3.36. The minimum atomic E-state index is 0.881. The summed E-state index contributed by atoms with van der Waals surface area (Å²) in [5.74, 6) is 0.881. The normalized spacial score (nSPS) is 15.4. The van der Waals surface area contributed by atoms with Gasteiger partial charge in [-0.05, 0) is 36.4 Å². The first-order chi connectivity index (χ1) is 9.36. The van der Waals surface area contributed by atoms with Gasteiger partial charge in [0.2, 0.25) is 0 Å². The molecule has 1 aliphatic heterocycles. The van der Waals surface area contributed by atoms with Gasteiger partial charge in [-0.25, -0.2) is 9.97 Å². The van der Waals surface area contributed by atoms with Gasteiger partial charge in [0.05, 0.1) is 10.6 Å². The van der Waals surface area contributed by atoms with Gasteiger partial charge >= 0.3 is 0 Å². The second kappa shape index (κ2) is 5.80. The lowest BCUT2D eigenvalue weighted by molar-refractivity contribution is 0.246. The van der Waals surface area contributed by atoms with E-state index < -0.39 is 0 Å². The van der Waals surface area contributed by atoms with E-state index in [0.29, 0.717) is 0 Å². The first kappa shape index (κ1) is 12.8. The lowest BCUT2D eigenvalue weighted by Crippen LogP contribution is -2.32. The Morgan fingerprint density at radius 3 is 3.16 bits per heavy atom. The zero-order valence-electron chi connectivity index (χ0n) is 11.3. The summed E-state index contributed by atoms with van der Waals surface area (Å²) in [6, 6.07) is 4.14. The van der Waals surface area contributed by atoms with Crippen LogP contribution >= 0.6 is 11.3 Å². The van der Waals surface area contributed by atoms with Crippen molar-refractivity contribution in [3.05, 3.63) is 35.0 Å². The number of fused-ring (bicyclic) bond motifs is 1. The Kier molecular flexibility index (Phi) is 3.89. The molecule has 3 heterocycles. The average molecular weight is 273 g/mol. The monoisotopic (exact) mass is 273 g/mol. The fourth-order valence-electron chi connectivity index (χ4n) is 2.45. The highest BCUT2D eigenvalue weighted by molar-refractivity contribution is 7.13. The van der Waals surface area contributed by atoms with E-state index in [1.165, 1.54) is 30.6 Å². The molecule has 0 saturated heterocycles. The van der Waals surface area contributed by atoms with E-state index in [1.807, 2.05) is 6.20 Å². The van der Waals surface area contributed by atoms with E-state index >= 15 is 0 Å². The van der Waals surface area contributed by atoms with E-state index in [-0.39, 0.29) is 0 Å². The van der Waals surface area contributed by atoms with E-state index in [1.54, 1.807) is 11.3 Å².